The lowest BCUT2D eigenvalue weighted by atomic mass is 9.95. The van der Waals surface area contributed by atoms with Gasteiger partial charge in [-0.25, -0.2) is 9.37 Å². The summed E-state index contributed by atoms with van der Waals surface area (Å²) in [5.41, 5.74) is 0.320. The molecular weight excluding hydrogens is 425 g/mol. The number of aromatic nitrogens is 1. The van der Waals surface area contributed by atoms with Crippen LogP contribution in [0, 0.1) is 22.9 Å². The molecule has 1 N–H and O–H groups in total. The maximum absolute atomic E-state index is 14.1. The highest BCUT2D eigenvalue weighted by Crippen LogP contribution is 2.43. The first-order chi connectivity index (χ1) is 14.8. The second kappa shape index (κ2) is 7.73. The number of hydrogen-bond acceptors (Lipinski definition) is 7. The predicted octanol–water partition coefficient (Wildman–Crippen LogP) is 4.13. The Hall–Kier alpha value is -3.92. The number of aryl methyl sites for hydroxylation is 1. The van der Waals surface area contributed by atoms with E-state index in [1.165, 1.54) is 42.6 Å². The molecule has 2 aromatic carbocycles. The van der Waals surface area contributed by atoms with Gasteiger partial charge in [-0.1, -0.05) is 12.1 Å². The average Bonchev–Trinajstić information content (AvgIpc) is 3.36. The predicted molar refractivity (Wildman–Crippen MR) is 111 cm³/mol. The molecule has 1 saturated heterocycles. The van der Waals surface area contributed by atoms with Crippen LogP contribution in [0.3, 0.4) is 0 Å². The smallest absolute Gasteiger partial charge is 0.301 e. The van der Waals surface area contributed by atoms with E-state index >= 15 is 0 Å². The number of rotatable bonds is 4. The number of carbonyl (C=O) groups is 2. The van der Waals surface area contributed by atoms with Gasteiger partial charge in [0, 0.05) is 29.3 Å². The zero-order chi connectivity index (χ0) is 22.3. The van der Waals surface area contributed by atoms with Crippen LogP contribution in [0.5, 0.6) is 0 Å². The van der Waals surface area contributed by atoms with Crippen molar-refractivity contribution in [2.24, 2.45) is 0 Å². The minimum absolute atomic E-state index is 0.0344. The van der Waals surface area contributed by atoms with Crippen LogP contribution in [0.2, 0.25) is 0 Å². The van der Waals surface area contributed by atoms with Crippen LogP contribution in [0.4, 0.5) is 15.2 Å². The van der Waals surface area contributed by atoms with Gasteiger partial charge < -0.3 is 5.11 Å². The molecule has 0 bridgehead atoms. The topological polar surface area (TPSA) is 114 Å². The van der Waals surface area contributed by atoms with Crippen molar-refractivity contribution in [2.75, 3.05) is 4.90 Å². The molecule has 1 atom stereocenters. The number of hydrogen-bond donors (Lipinski definition) is 1. The van der Waals surface area contributed by atoms with E-state index < -0.39 is 34.2 Å². The number of carbonyl (C=O) groups excluding carboxylic acids is 2. The molecule has 2 heterocycles. The van der Waals surface area contributed by atoms with Crippen LogP contribution < -0.4 is 4.90 Å². The molecule has 4 rings (SSSR count). The minimum atomic E-state index is -1.09. The van der Waals surface area contributed by atoms with E-state index in [-0.39, 0.29) is 22.0 Å². The summed E-state index contributed by atoms with van der Waals surface area (Å²) in [7, 11) is 0. The van der Waals surface area contributed by atoms with E-state index in [4.69, 9.17) is 0 Å². The largest absolute Gasteiger partial charge is 0.507 e. The fourth-order valence-electron chi connectivity index (χ4n) is 3.35. The van der Waals surface area contributed by atoms with Gasteiger partial charge >= 0.3 is 5.91 Å². The van der Waals surface area contributed by atoms with Crippen LogP contribution in [-0.2, 0) is 9.59 Å². The first-order valence-corrected chi connectivity index (χ1v) is 9.89. The molecule has 0 aliphatic carbocycles. The number of benzene rings is 2. The molecule has 1 aliphatic heterocycles. The first-order valence-electron chi connectivity index (χ1n) is 9.01. The summed E-state index contributed by atoms with van der Waals surface area (Å²) < 4.78 is 14.1. The molecule has 156 valence electrons. The van der Waals surface area contributed by atoms with Crippen LogP contribution in [0.15, 0.2) is 59.6 Å². The number of aliphatic hydroxyl groups is 1. The Morgan fingerprint density at radius 1 is 1.23 bits per heavy atom. The normalized spacial score (nSPS) is 17.9. The molecule has 10 heteroatoms. The molecule has 8 nitrogen and oxygen atoms in total. The highest BCUT2D eigenvalue weighted by atomic mass is 32.1. The van der Waals surface area contributed by atoms with E-state index in [2.05, 4.69) is 4.98 Å². The number of nitrogens with zero attached hydrogens (tertiary/aromatic N) is 3. The van der Waals surface area contributed by atoms with Gasteiger partial charge in [-0.15, -0.1) is 11.3 Å². The number of ketones is 1. The van der Waals surface area contributed by atoms with Crippen molar-refractivity contribution in [3.8, 4) is 0 Å². The van der Waals surface area contributed by atoms with Crippen molar-refractivity contribution >= 4 is 39.6 Å². The van der Waals surface area contributed by atoms with Gasteiger partial charge in [-0.3, -0.25) is 24.6 Å². The van der Waals surface area contributed by atoms with E-state index in [9.17, 15) is 29.2 Å². The fourth-order valence-corrected chi connectivity index (χ4v) is 4.02. The average molecular weight is 439 g/mol. The number of Topliss-reactive ketones (excluding diaryl/α,β-unsaturated/α-hetero) is 1. The molecule has 0 spiro atoms. The van der Waals surface area contributed by atoms with Crippen molar-refractivity contribution in [1.29, 1.82) is 0 Å². The Labute approximate surface area is 179 Å². The monoisotopic (exact) mass is 439 g/mol. The van der Waals surface area contributed by atoms with Gasteiger partial charge in [0.1, 0.15) is 11.6 Å². The van der Waals surface area contributed by atoms with Crippen molar-refractivity contribution in [3.05, 3.63) is 92.2 Å². The standard InChI is InChI=1S/C21H14FN3O5S/c1-11-2-3-13(10-15(11)22)18(26)16-17(12-4-6-14(7-5-12)25(29)30)24(20(28)19(16)27)21-23-8-9-31-21/h2-10,17,26H,1H3/t17-/m1/s1. The quantitative estimate of drug-likeness (QED) is 0.215. The molecule has 0 unspecified atom stereocenters. The second-order valence-corrected chi connectivity index (χ2v) is 7.67. The summed E-state index contributed by atoms with van der Waals surface area (Å²) in [5, 5.41) is 23.7. The first kappa shape index (κ1) is 20.4. The fraction of sp³-hybridized carbons (Fsp3) is 0.0952. The third-order valence-corrected chi connectivity index (χ3v) is 5.71. The van der Waals surface area contributed by atoms with Crippen LogP contribution >= 0.6 is 11.3 Å². The lowest BCUT2D eigenvalue weighted by molar-refractivity contribution is -0.384. The lowest BCUT2D eigenvalue weighted by Gasteiger charge is -2.22. The van der Waals surface area contributed by atoms with Crippen LogP contribution in [-0.4, -0.2) is 26.7 Å². The zero-order valence-corrected chi connectivity index (χ0v) is 16.8. The summed E-state index contributed by atoms with van der Waals surface area (Å²) in [6, 6.07) is 8.16. The van der Waals surface area contributed by atoms with Crippen LogP contribution in [0.25, 0.3) is 5.76 Å². The van der Waals surface area contributed by atoms with E-state index in [0.717, 1.165) is 22.3 Å². The van der Waals surface area contributed by atoms with Gasteiger partial charge in [0.05, 0.1) is 16.5 Å². The molecule has 1 aliphatic rings. The van der Waals surface area contributed by atoms with Crippen molar-refractivity contribution in [1.82, 2.24) is 4.98 Å². The molecule has 31 heavy (non-hydrogen) atoms. The molecule has 1 fully saturated rings. The van der Waals surface area contributed by atoms with E-state index in [0.29, 0.717) is 11.1 Å². The van der Waals surface area contributed by atoms with E-state index in [1.807, 2.05) is 0 Å². The molecule has 0 saturated carbocycles. The second-order valence-electron chi connectivity index (χ2n) is 6.80. The maximum Gasteiger partial charge on any atom is 0.301 e. The van der Waals surface area contributed by atoms with Crippen molar-refractivity contribution < 1.29 is 24.0 Å². The molecular formula is C21H14FN3O5S. The molecule has 1 aromatic heterocycles. The minimum Gasteiger partial charge on any atom is -0.507 e. The number of nitro benzene ring substituents is 1. The summed E-state index contributed by atoms with van der Waals surface area (Å²) in [5.74, 6) is -2.99. The Kier molecular flexibility index (Phi) is 5.07. The van der Waals surface area contributed by atoms with Gasteiger partial charge in [0.25, 0.3) is 11.5 Å². The van der Waals surface area contributed by atoms with Crippen molar-refractivity contribution in [2.45, 2.75) is 13.0 Å². The molecule has 0 radical (unpaired) electrons. The number of nitro groups is 1. The Morgan fingerprint density at radius 2 is 1.94 bits per heavy atom. The Morgan fingerprint density at radius 3 is 2.52 bits per heavy atom. The summed E-state index contributed by atoms with van der Waals surface area (Å²) in [6.07, 6.45) is 1.46. The van der Waals surface area contributed by atoms with Crippen LogP contribution in [0.1, 0.15) is 22.7 Å². The number of halogens is 1. The highest BCUT2D eigenvalue weighted by Gasteiger charge is 2.48. The Balaban J connectivity index is 1.93. The Bertz CT molecular complexity index is 1240. The molecule has 3 aromatic rings. The lowest BCUT2D eigenvalue weighted by Crippen LogP contribution is -2.29. The third-order valence-electron chi connectivity index (χ3n) is 4.93. The van der Waals surface area contributed by atoms with E-state index in [1.54, 1.807) is 12.3 Å². The number of thiazole rings is 1. The number of anilines is 1. The van der Waals surface area contributed by atoms with Gasteiger partial charge in [-0.05, 0) is 36.2 Å². The SMILES string of the molecule is Cc1ccc(C(O)=C2C(=O)C(=O)N(c3nccs3)[C@@H]2c2ccc([N+](=O)[O-])cc2)cc1F. The summed E-state index contributed by atoms with van der Waals surface area (Å²) >= 11 is 1.12. The van der Waals surface area contributed by atoms with Crippen molar-refractivity contribution in [3.63, 3.8) is 0 Å². The van der Waals surface area contributed by atoms with Gasteiger partial charge in [-0.2, -0.15) is 0 Å². The highest BCUT2D eigenvalue weighted by molar-refractivity contribution is 7.14. The number of non-ortho nitro benzene ring substituents is 1. The third kappa shape index (κ3) is 3.46. The van der Waals surface area contributed by atoms with Gasteiger partial charge in [0.15, 0.2) is 5.13 Å². The number of amides is 1. The van der Waals surface area contributed by atoms with Gasteiger partial charge in [0.2, 0.25) is 0 Å². The summed E-state index contributed by atoms with van der Waals surface area (Å²) in [6.45, 7) is 1.55. The zero-order valence-electron chi connectivity index (χ0n) is 16.0. The maximum atomic E-state index is 14.1. The molecule has 1 amide bonds. The summed E-state index contributed by atoms with van der Waals surface area (Å²) in [4.78, 5) is 41.4. The number of aliphatic hydroxyl groups excluding tert-OH is 1.